The largest absolute Gasteiger partial charge is 0.325 e. The highest BCUT2D eigenvalue weighted by atomic mass is 35.5. The van der Waals surface area contributed by atoms with Gasteiger partial charge in [0.15, 0.2) is 0 Å². The van der Waals surface area contributed by atoms with Gasteiger partial charge >= 0.3 is 0 Å². The number of pyridine rings is 1. The van der Waals surface area contributed by atoms with Crippen LogP contribution in [0.15, 0.2) is 53.5 Å². The minimum Gasteiger partial charge on any atom is -0.325 e. The molecular weight excluding hydrogens is 411 g/mol. The average Bonchev–Trinajstić information content (AvgIpc) is 2.71. The maximum absolute atomic E-state index is 12.9. The maximum atomic E-state index is 12.9. The number of amides is 1. The summed E-state index contributed by atoms with van der Waals surface area (Å²) in [6.45, 7) is 1.22. The molecule has 8 heteroatoms. The topological polar surface area (TPSA) is 66.7 Å². The summed E-state index contributed by atoms with van der Waals surface area (Å²) in [4.78, 5) is 32.0. The van der Waals surface area contributed by atoms with Crippen molar-refractivity contribution in [3.63, 3.8) is 0 Å². The Bertz CT molecular complexity index is 1120. The molecular formula is C21H20Cl2N4O2. The van der Waals surface area contributed by atoms with Gasteiger partial charge in [-0.05, 0) is 49.7 Å². The second-order valence-corrected chi connectivity index (χ2v) is 7.93. The van der Waals surface area contributed by atoms with E-state index in [0.29, 0.717) is 33.6 Å². The molecule has 1 atom stereocenters. The van der Waals surface area contributed by atoms with Gasteiger partial charge in [-0.1, -0.05) is 35.7 Å². The van der Waals surface area contributed by atoms with E-state index >= 15 is 0 Å². The molecule has 1 unspecified atom stereocenters. The zero-order valence-corrected chi connectivity index (χ0v) is 17.2. The fourth-order valence-corrected chi connectivity index (χ4v) is 3.97. The van der Waals surface area contributed by atoms with Gasteiger partial charge in [-0.15, -0.1) is 0 Å². The highest BCUT2D eigenvalue weighted by Gasteiger charge is 2.29. The number of fused-ring (bicyclic) bond motifs is 1. The average molecular weight is 431 g/mol. The summed E-state index contributed by atoms with van der Waals surface area (Å²) >= 11 is 12.0. The van der Waals surface area contributed by atoms with E-state index in [1.807, 2.05) is 6.07 Å². The van der Waals surface area contributed by atoms with Crippen LogP contribution in [-0.4, -0.2) is 32.8 Å². The minimum absolute atomic E-state index is 0.0967. The van der Waals surface area contributed by atoms with Gasteiger partial charge in [0, 0.05) is 24.5 Å². The first-order valence-corrected chi connectivity index (χ1v) is 10.2. The smallest absolute Gasteiger partial charge is 0.258 e. The van der Waals surface area contributed by atoms with Crippen LogP contribution in [0.1, 0.15) is 25.0 Å². The molecule has 4 rings (SSSR count). The molecule has 29 heavy (non-hydrogen) atoms. The summed E-state index contributed by atoms with van der Waals surface area (Å²) in [5, 5.41) is 3.76. The van der Waals surface area contributed by atoms with Crippen molar-refractivity contribution in [1.29, 1.82) is 0 Å². The zero-order valence-electron chi connectivity index (χ0n) is 15.6. The molecule has 3 aromatic rings. The van der Waals surface area contributed by atoms with Gasteiger partial charge in [0.2, 0.25) is 5.91 Å². The molecule has 1 saturated heterocycles. The number of hydrogen-bond donors (Lipinski definition) is 1. The van der Waals surface area contributed by atoms with Crippen molar-refractivity contribution in [2.75, 3.05) is 11.9 Å². The number of carbonyl (C=O) groups excluding carboxylic acids is 1. The number of carbonyl (C=O) groups is 1. The summed E-state index contributed by atoms with van der Waals surface area (Å²) in [7, 11) is 0. The molecule has 3 heterocycles. The van der Waals surface area contributed by atoms with Crippen molar-refractivity contribution in [3.05, 3.63) is 74.8 Å². The Labute approximate surface area is 178 Å². The molecule has 6 nitrogen and oxygen atoms in total. The van der Waals surface area contributed by atoms with Gasteiger partial charge in [0.1, 0.15) is 5.65 Å². The van der Waals surface area contributed by atoms with Crippen molar-refractivity contribution < 1.29 is 4.79 Å². The number of likely N-dealkylation sites (tertiary alicyclic amines) is 1. The summed E-state index contributed by atoms with van der Waals surface area (Å²) in [6, 6.07) is 11.7. The van der Waals surface area contributed by atoms with E-state index < -0.39 is 0 Å². The van der Waals surface area contributed by atoms with Gasteiger partial charge in [-0.2, -0.15) is 0 Å². The molecule has 0 saturated carbocycles. The molecule has 0 spiro atoms. The number of nitrogens with zero attached hydrogens (tertiary/aromatic N) is 3. The molecule has 0 radical (unpaired) electrons. The number of piperidine rings is 1. The second-order valence-electron chi connectivity index (χ2n) is 7.11. The highest BCUT2D eigenvalue weighted by Crippen LogP contribution is 2.26. The van der Waals surface area contributed by atoms with Crippen molar-refractivity contribution in [3.8, 4) is 0 Å². The highest BCUT2D eigenvalue weighted by molar-refractivity contribution is 6.42. The third-order valence-corrected chi connectivity index (χ3v) is 5.83. The first-order valence-electron chi connectivity index (χ1n) is 9.48. The summed E-state index contributed by atoms with van der Waals surface area (Å²) < 4.78 is 1.51. The van der Waals surface area contributed by atoms with Gasteiger partial charge in [-0.3, -0.25) is 18.9 Å². The summed E-state index contributed by atoms with van der Waals surface area (Å²) in [6.07, 6.45) is 4.43. The number of halogens is 2. The molecule has 0 aliphatic carbocycles. The molecule has 150 valence electrons. The van der Waals surface area contributed by atoms with Gasteiger partial charge in [0.25, 0.3) is 5.56 Å². The molecule has 2 aromatic heterocycles. The van der Waals surface area contributed by atoms with Gasteiger partial charge in [0.05, 0.1) is 21.8 Å². The second kappa shape index (κ2) is 8.53. The normalized spacial score (nSPS) is 17.4. The van der Waals surface area contributed by atoms with Gasteiger partial charge in [-0.25, -0.2) is 4.98 Å². The number of hydrogen-bond acceptors (Lipinski definition) is 4. The van der Waals surface area contributed by atoms with Crippen molar-refractivity contribution in [1.82, 2.24) is 14.3 Å². The SMILES string of the molecule is O=C(Nc1ccc(Cl)c(Cl)c1)C1CCCCN1Cc1cc(=O)n2ccccc2n1. The van der Waals surface area contributed by atoms with Crippen LogP contribution in [0.25, 0.3) is 5.65 Å². The lowest BCUT2D eigenvalue weighted by Gasteiger charge is -2.34. The Morgan fingerprint density at radius 1 is 1.14 bits per heavy atom. The van der Waals surface area contributed by atoms with E-state index in [4.69, 9.17) is 23.2 Å². The first-order chi connectivity index (χ1) is 14.0. The van der Waals surface area contributed by atoms with Crippen LogP contribution < -0.4 is 10.9 Å². The van der Waals surface area contributed by atoms with Crippen molar-refractivity contribution in [2.24, 2.45) is 0 Å². The van der Waals surface area contributed by atoms with E-state index in [0.717, 1.165) is 25.8 Å². The van der Waals surface area contributed by atoms with Crippen LogP contribution in [0.4, 0.5) is 5.69 Å². The predicted molar refractivity (Wildman–Crippen MR) is 115 cm³/mol. The fourth-order valence-electron chi connectivity index (χ4n) is 3.67. The van der Waals surface area contributed by atoms with Crippen LogP contribution in [-0.2, 0) is 11.3 Å². The Morgan fingerprint density at radius 2 is 2.00 bits per heavy atom. The number of rotatable bonds is 4. The van der Waals surface area contributed by atoms with Gasteiger partial charge < -0.3 is 5.32 Å². The molecule has 1 fully saturated rings. The van der Waals surface area contributed by atoms with Crippen LogP contribution in [0.5, 0.6) is 0 Å². The van der Waals surface area contributed by atoms with E-state index in [1.54, 1.807) is 36.5 Å². The number of anilines is 1. The van der Waals surface area contributed by atoms with Crippen molar-refractivity contribution in [2.45, 2.75) is 31.8 Å². The van der Waals surface area contributed by atoms with Crippen LogP contribution in [0.2, 0.25) is 10.0 Å². The maximum Gasteiger partial charge on any atom is 0.258 e. The minimum atomic E-state index is -0.297. The summed E-state index contributed by atoms with van der Waals surface area (Å²) in [5.41, 5.74) is 1.75. The lowest BCUT2D eigenvalue weighted by atomic mass is 10.0. The van der Waals surface area contributed by atoms with Crippen LogP contribution in [0, 0.1) is 0 Å². The third-order valence-electron chi connectivity index (χ3n) is 5.09. The molecule has 1 aliphatic rings. The lowest BCUT2D eigenvalue weighted by Crippen LogP contribution is -2.46. The standard InChI is InChI=1S/C21H20Cl2N4O2/c22-16-8-7-14(11-17(16)23)25-21(29)18-5-1-3-9-26(18)13-15-12-20(28)27-10-4-2-6-19(27)24-15/h2,4,6-8,10-12,18H,1,3,5,9,13H2,(H,25,29). The Morgan fingerprint density at radius 3 is 2.83 bits per heavy atom. The molecule has 1 N–H and O–H groups in total. The third kappa shape index (κ3) is 4.45. The van der Waals surface area contributed by atoms with E-state index in [2.05, 4.69) is 15.2 Å². The lowest BCUT2D eigenvalue weighted by molar-refractivity contribution is -0.122. The Balaban J connectivity index is 1.53. The van der Waals surface area contributed by atoms with E-state index in [9.17, 15) is 9.59 Å². The fraction of sp³-hybridized carbons (Fsp3) is 0.286. The van der Waals surface area contributed by atoms with E-state index in [1.165, 1.54) is 10.5 Å². The predicted octanol–water partition coefficient (Wildman–Crippen LogP) is 3.99. The number of nitrogens with one attached hydrogen (secondary N) is 1. The van der Waals surface area contributed by atoms with Crippen LogP contribution in [0.3, 0.4) is 0 Å². The van der Waals surface area contributed by atoms with Crippen molar-refractivity contribution >= 4 is 40.4 Å². The number of aromatic nitrogens is 2. The summed E-state index contributed by atoms with van der Waals surface area (Å²) in [5.74, 6) is -0.0967. The quantitative estimate of drug-likeness (QED) is 0.679. The zero-order chi connectivity index (χ0) is 20.4. The number of benzene rings is 1. The molecule has 0 bridgehead atoms. The molecule has 1 amide bonds. The Kier molecular flexibility index (Phi) is 5.85. The molecule has 1 aromatic carbocycles. The van der Waals surface area contributed by atoms with E-state index in [-0.39, 0.29) is 17.5 Å². The monoisotopic (exact) mass is 430 g/mol. The first kappa shape index (κ1) is 19.9. The Hall–Kier alpha value is -2.41. The molecule has 1 aliphatic heterocycles. The van der Waals surface area contributed by atoms with Crippen LogP contribution >= 0.6 is 23.2 Å².